The Balaban J connectivity index is 2.30. The van der Waals surface area contributed by atoms with E-state index in [1.54, 1.807) is 18.5 Å². The Morgan fingerprint density at radius 2 is 2.44 bits per heavy atom. The molecule has 1 atom stereocenters. The predicted octanol–water partition coefficient (Wildman–Crippen LogP) is 1.49. The highest BCUT2D eigenvalue weighted by atomic mass is 16.2. The van der Waals surface area contributed by atoms with Crippen molar-refractivity contribution < 1.29 is 4.79 Å². The van der Waals surface area contributed by atoms with Gasteiger partial charge in [0.25, 0.3) is 5.91 Å². The van der Waals surface area contributed by atoms with Crippen LogP contribution in [0.2, 0.25) is 0 Å². The molecular formula is C11H14N4O. The molecule has 0 aliphatic heterocycles. The number of pyridine rings is 1. The second-order valence-corrected chi connectivity index (χ2v) is 3.78. The normalized spacial score (nSPS) is 12.6. The third kappa shape index (κ3) is 1.88. The summed E-state index contributed by atoms with van der Waals surface area (Å²) in [6, 6.07) is 1.94. The third-order valence-corrected chi connectivity index (χ3v) is 2.57. The zero-order chi connectivity index (χ0) is 11.5. The van der Waals surface area contributed by atoms with Crippen molar-refractivity contribution in [1.82, 2.24) is 20.5 Å². The quantitative estimate of drug-likeness (QED) is 0.819. The topological polar surface area (TPSA) is 70.7 Å². The standard InChI is InChI=1S/C11H14N4O/c1-3-7(2)13-11(16)10-8-6-12-5-4-9(8)14-15-10/h4-7H,3H2,1-2H3,(H,13,16)(H,14,15). The van der Waals surface area contributed by atoms with E-state index in [1.807, 2.05) is 13.8 Å². The molecule has 2 N–H and O–H groups in total. The monoisotopic (exact) mass is 218 g/mol. The van der Waals surface area contributed by atoms with Gasteiger partial charge in [0.05, 0.1) is 10.9 Å². The van der Waals surface area contributed by atoms with Gasteiger partial charge in [0.15, 0.2) is 5.69 Å². The number of nitrogens with zero attached hydrogens (tertiary/aromatic N) is 2. The van der Waals surface area contributed by atoms with Gasteiger partial charge >= 0.3 is 0 Å². The maximum atomic E-state index is 11.9. The highest BCUT2D eigenvalue weighted by Crippen LogP contribution is 2.13. The first-order valence-corrected chi connectivity index (χ1v) is 5.31. The predicted molar refractivity (Wildman–Crippen MR) is 61.1 cm³/mol. The summed E-state index contributed by atoms with van der Waals surface area (Å²) in [6.45, 7) is 3.99. The van der Waals surface area contributed by atoms with Crippen LogP contribution in [-0.2, 0) is 0 Å². The van der Waals surface area contributed by atoms with Gasteiger partial charge in [0.2, 0.25) is 0 Å². The van der Waals surface area contributed by atoms with Crippen molar-refractivity contribution in [3.8, 4) is 0 Å². The first kappa shape index (κ1) is 10.6. The van der Waals surface area contributed by atoms with E-state index in [-0.39, 0.29) is 11.9 Å². The molecule has 2 rings (SSSR count). The van der Waals surface area contributed by atoms with Gasteiger partial charge in [0.1, 0.15) is 0 Å². The third-order valence-electron chi connectivity index (χ3n) is 2.57. The van der Waals surface area contributed by atoms with Crippen molar-refractivity contribution in [3.63, 3.8) is 0 Å². The molecule has 16 heavy (non-hydrogen) atoms. The molecule has 0 aliphatic carbocycles. The van der Waals surface area contributed by atoms with Crippen LogP contribution in [0.3, 0.4) is 0 Å². The summed E-state index contributed by atoms with van der Waals surface area (Å²) in [4.78, 5) is 15.9. The summed E-state index contributed by atoms with van der Waals surface area (Å²) in [5.74, 6) is -0.159. The Labute approximate surface area is 93.3 Å². The minimum Gasteiger partial charge on any atom is -0.348 e. The van der Waals surface area contributed by atoms with Gasteiger partial charge in [-0.15, -0.1) is 0 Å². The van der Waals surface area contributed by atoms with E-state index in [2.05, 4.69) is 20.5 Å². The SMILES string of the molecule is CCC(C)NC(=O)c1n[nH]c2ccncc12. The van der Waals surface area contributed by atoms with Crippen LogP contribution in [0.5, 0.6) is 0 Å². The van der Waals surface area contributed by atoms with Crippen molar-refractivity contribution in [2.75, 3.05) is 0 Å². The summed E-state index contributed by atoms with van der Waals surface area (Å²) < 4.78 is 0. The maximum Gasteiger partial charge on any atom is 0.272 e. The molecule has 2 heterocycles. The van der Waals surface area contributed by atoms with E-state index in [1.165, 1.54) is 0 Å². The molecule has 0 spiro atoms. The fraction of sp³-hybridized carbons (Fsp3) is 0.364. The van der Waals surface area contributed by atoms with Gasteiger partial charge in [0, 0.05) is 18.4 Å². The molecule has 2 aromatic heterocycles. The average Bonchev–Trinajstić information content (AvgIpc) is 2.72. The van der Waals surface area contributed by atoms with Crippen LogP contribution in [0.25, 0.3) is 10.9 Å². The van der Waals surface area contributed by atoms with Crippen LogP contribution in [0, 0.1) is 0 Å². The zero-order valence-electron chi connectivity index (χ0n) is 9.32. The number of hydrogen-bond donors (Lipinski definition) is 2. The van der Waals surface area contributed by atoms with Crippen LogP contribution < -0.4 is 5.32 Å². The molecule has 5 heteroatoms. The number of carbonyl (C=O) groups is 1. The first-order chi connectivity index (χ1) is 7.72. The number of aromatic nitrogens is 3. The molecule has 0 aromatic carbocycles. The number of fused-ring (bicyclic) bond motifs is 1. The lowest BCUT2D eigenvalue weighted by Crippen LogP contribution is -2.32. The van der Waals surface area contributed by atoms with Crippen molar-refractivity contribution in [2.24, 2.45) is 0 Å². The molecule has 2 aromatic rings. The van der Waals surface area contributed by atoms with Crippen LogP contribution in [0.1, 0.15) is 30.8 Å². The Kier molecular flexibility index (Phi) is 2.85. The van der Waals surface area contributed by atoms with Gasteiger partial charge in [-0.2, -0.15) is 5.10 Å². The van der Waals surface area contributed by atoms with Crippen molar-refractivity contribution in [2.45, 2.75) is 26.3 Å². The first-order valence-electron chi connectivity index (χ1n) is 5.31. The second kappa shape index (κ2) is 4.30. The fourth-order valence-corrected chi connectivity index (χ4v) is 1.42. The van der Waals surface area contributed by atoms with Crippen LogP contribution >= 0.6 is 0 Å². The van der Waals surface area contributed by atoms with E-state index in [9.17, 15) is 4.79 Å². The molecule has 0 radical (unpaired) electrons. The number of rotatable bonds is 3. The summed E-state index contributed by atoms with van der Waals surface area (Å²) in [5, 5.41) is 10.4. The summed E-state index contributed by atoms with van der Waals surface area (Å²) in [5.41, 5.74) is 1.23. The lowest BCUT2D eigenvalue weighted by Gasteiger charge is -2.09. The minimum atomic E-state index is -0.159. The zero-order valence-corrected chi connectivity index (χ0v) is 9.32. The number of H-pyrrole nitrogens is 1. The Morgan fingerprint density at radius 3 is 3.19 bits per heavy atom. The lowest BCUT2D eigenvalue weighted by atomic mass is 10.2. The number of hydrogen-bond acceptors (Lipinski definition) is 3. The average molecular weight is 218 g/mol. The smallest absolute Gasteiger partial charge is 0.272 e. The molecule has 0 saturated heterocycles. The molecule has 1 unspecified atom stereocenters. The van der Waals surface area contributed by atoms with Crippen LogP contribution in [0.4, 0.5) is 0 Å². The Hall–Kier alpha value is -1.91. The molecular weight excluding hydrogens is 204 g/mol. The lowest BCUT2D eigenvalue weighted by molar-refractivity contribution is 0.0936. The van der Waals surface area contributed by atoms with Crippen LogP contribution in [-0.4, -0.2) is 27.1 Å². The molecule has 0 bridgehead atoms. The largest absolute Gasteiger partial charge is 0.348 e. The van der Waals surface area contributed by atoms with E-state index in [4.69, 9.17) is 0 Å². The Morgan fingerprint density at radius 1 is 1.62 bits per heavy atom. The number of aromatic amines is 1. The van der Waals surface area contributed by atoms with E-state index in [0.29, 0.717) is 5.69 Å². The highest BCUT2D eigenvalue weighted by Gasteiger charge is 2.15. The van der Waals surface area contributed by atoms with E-state index < -0.39 is 0 Å². The fourth-order valence-electron chi connectivity index (χ4n) is 1.42. The molecule has 0 fully saturated rings. The van der Waals surface area contributed by atoms with Crippen molar-refractivity contribution in [3.05, 3.63) is 24.2 Å². The van der Waals surface area contributed by atoms with Crippen molar-refractivity contribution >= 4 is 16.8 Å². The Bertz CT molecular complexity index is 505. The second-order valence-electron chi connectivity index (χ2n) is 3.78. The number of carbonyl (C=O) groups excluding carboxylic acids is 1. The highest BCUT2D eigenvalue weighted by molar-refractivity contribution is 6.04. The molecule has 5 nitrogen and oxygen atoms in total. The number of nitrogens with one attached hydrogen (secondary N) is 2. The summed E-state index contributed by atoms with van der Waals surface area (Å²) in [6.07, 6.45) is 4.20. The van der Waals surface area contributed by atoms with Gasteiger partial charge < -0.3 is 5.32 Å². The van der Waals surface area contributed by atoms with Crippen LogP contribution in [0.15, 0.2) is 18.5 Å². The maximum absolute atomic E-state index is 11.9. The van der Waals surface area contributed by atoms with Gasteiger partial charge in [-0.05, 0) is 19.4 Å². The van der Waals surface area contributed by atoms with Gasteiger partial charge in [-0.1, -0.05) is 6.92 Å². The van der Waals surface area contributed by atoms with Crippen molar-refractivity contribution in [1.29, 1.82) is 0 Å². The van der Waals surface area contributed by atoms with Gasteiger partial charge in [-0.3, -0.25) is 14.9 Å². The van der Waals surface area contributed by atoms with Gasteiger partial charge in [-0.25, -0.2) is 0 Å². The number of amides is 1. The summed E-state index contributed by atoms with van der Waals surface area (Å²) in [7, 11) is 0. The molecule has 1 amide bonds. The van der Waals surface area contributed by atoms with E-state index >= 15 is 0 Å². The minimum absolute atomic E-state index is 0.149. The molecule has 0 aliphatic rings. The molecule has 84 valence electrons. The summed E-state index contributed by atoms with van der Waals surface area (Å²) >= 11 is 0. The van der Waals surface area contributed by atoms with E-state index in [0.717, 1.165) is 17.3 Å². The molecule has 0 saturated carbocycles.